The van der Waals surface area contributed by atoms with E-state index >= 15 is 0 Å². The van der Waals surface area contributed by atoms with Crippen molar-refractivity contribution in [2.24, 2.45) is 0 Å². The van der Waals surface area contributed by atoms with Gasteiger partial charge in [-0.25, -0.2) is 9.29 Å². The topological polar surface area (TPSA) is 67.9 Å². The van der Waals surface area contributed by atoms with E-state index in [9.17, 15) is 14.0 Å². The summed E-state index contributed by atoms with van der Waals surface area (Å²) < 4.78 is 24.1. The van der Waals surface area contributed by atoms with Crippen LogP contribution in [-0.2, 0) is 9.59 Å². The lowest BCUT2D eigenvalue weighted by molar-refractivity contribution is -0.120. The number of carbonyl (C=O) groups is 2. The lowest BCUT2D eigenvalue weighted by Crippen LogP contribution is -2.32. The summed E-state index contributed by atoms with van der Waals surface area (Å²) in [5.41, 5.74) is 2.30. The maximum atomic E-state index is 13.6. The fourth-order valence-electron chi connectivity index (χ4n) is 3.59. The molecule has 0 aromatic heterocycles. The van der Waals surface area contributed by atoms with Crippen molar-refractivity contribution in [1.29, 1.82) is 0 Å². The molecule has 0 spiro atoms. The second-order valence-electron chi connectivity index (χ2n) is 7.33. The van der Waals surface area contributed by atoms with Gasteiger partial charge >= 0.3 is 0 Å². The maximum Gasteiger partial charge on any atom is 0.282 e. The summed E-state index contributed by atoms with van der Waals surface area (Å²) in [6.07, 6.45) is 0. The fourth-order valence-corrected chi connectivity index (χ4v) is 3.76. The lowest BCUT2D eigenvalue weighted by Gasteiger charge is -2.17. The molecule has 0 bridgehead atoms. The van der Waals surface area contributed by atoms with Gasteiger partial charge in [0.05, 0.1) is 25.5 Å². The minimum atomic E-state index is -0.564. The first-order valence-electron chi connectivity index (χ1n) is 9.98. The number of amides is 2. The number of anilines is 2. The number of hydrogen-bond acceptors (Lipinski definition) is 5. The van der Waals surface area contributed by atoms with Gasteiger partial charge in [0.25, 0.3) is 11.8 Å². The predicted molar refractivity (Wildman–Crippen MR) is 125 cm³/mol. The summed E-state index contributed by atoms with van der Waals surface area (Å²) in [4.78, 5) is 28.1. The zero-order valence-corrected chi connectivity index (χ0v) is 18.9. The molecule has 1 aliphatic rings. The molecule has 168 valence electrons. The fraction of sp³-hybridized carbons (Fsp3) is 0.120. The third kappa shape index (κ3) is 4.15. The van der Waals surface area contributed by atoms with Gasteiger partial charge in [-0.15, -0.1) is 0 Å². The first-order valence-corrected chi connectivity index (χ1v) is 10.4. The van der Waals surface area contributed by atoms with E-state index in [0.717, 1.165) is 10.5 Å². The number of carbonyl (C=O) groups excluding carboxylic acids is 2. The molecular weight excluding hydrogens is 447 g/mol. The van der Waals surface area contributed by atoms with Crippen LogP contribution in [0.3, 0.4) is 0 Å². The lowest BCUT2D eigenvalue weighted by atomic mass is 10.0. The number of methoxy groups -OCH3 is 2. The van der Waals surface area contributed by atoms with Crippen LogP contribution in [0.25, 0.3) is 5.57 Å². The molecule has 33 heavy (non-hydrogen) atoms. The minimum absolute atomic E-state index is 0.0618. The molecule has 0 atom stereocenters. The van der Waals surface area contributed by atoms with Crippen molar-refractivity contribution in [3.05, 3.63) is 88.3 Å². The Hall–Kier alpha value is -3.84. The molecule has 1 aliphatic heterocycles. The van der Waals surface area contributed by atoms with Crippen molar-refractivity contribution in [3.63, 3.8) is 0 Å². The number of ether oxygens (including phenoxy) is 2. The molecule has 0 radical (unpaired) electrons. The zero-order valence-electron chi connectivity index (χ0n) is 18.1. The van der Waals surface area contributed by atoms with Crippen molar-refractivity contribution in [2.45, 2.75) is 6.92 Å². The summed E-state index contributed by atoms with van der Waals surface area (Å²) in [6, 6.07) is 15.3. The highest BCUT2D eigenvalue weighted by Crippen LogP contribution is 2.38. The Morgan fingerprint density at radius 2 is 1.58 bits per heavy atom. The monoisotopic (exact) mass is 466 g/mol. The van der Waals surface area contributed by atoms with E-state index in [-0.39, 0.29) is 11.3 Å². The maximum absolute atomic E-state index is 13.6. The molecular formula is C25H20ClFN2O4. The normalized spacial score (nSPS) is 13.5. The summed E-state index contributed by atoms with van der Waals surface area (Å²) >= 11 is 6.14. The number of imide groups is 1. The molecule has 3 aromatic carbocycles. The Balaban J connectivity index is 1.84. The van der Waals surface area contributed by atoms with E-state index < -0.39 is 17.6 Å². The standard InChI is InChI=1S/C25H20ClFN2O4/c1-14-4-7-16(26)12-19(14)28-23-22(15-5-8-17(27)9-6-15)24(30)29(25(23)31)18-10-11-20(32-2)21(13-18)33-3/h4-13,28H,1-3H3. The van der Waals surface area contributed by atoms with Crippen molar-refractivity contribution in [3.8, 4) is 11.5 Å². The molecule has 0 aliphatic carbocycles. The van der Waals surface area contributed by atoms with E-state index in [4.69, 9.17) is 21.1 Å². The van der Waals surface area contributed by atoms with E-state index in [1.165, 1.54) is 38.5 Å². The Morgan fingerprint density at radius 1 is 0.879 bits per heavy atom. The summed E-state index contributed by atoms with van der Waals surface area (Å²) in [6.45, 7) is 1.85. The van der Waals surface area contributed by atoms with Crippen LogP contribution in [0.4, 0.5) is 15.8 Å². The van der Waals surface area contributed by atoms with Crippen LogP contribution in [0.15, 0.2) is 66.4 Å². The van der Waals surface area contributed by atoms with Crippen LogP contribution in [0.1, 0.15) is 11.1 Å². The summed E-state index contributed by atoms with van der Waals surface area (Å²) in [7, 11) is 2.96. The average Bonchev–Trinajstić information content (AvgIpc) is 3.05. The average molecular weight is 467 g/mol. The molecule has 2 amide bonds. The van der Waals surface area contributed by atoms with Crippen LogP contribution in [0, 0.1) is 12.7 Å². The highest BCUT2D eigenvalue weighted by Gasteiger charge is 2.40. The SMILES string of the molecule is COc1ccc(N2C(=O)C(Nc3cc(Cl)ccc3C)=C(c3ccc(F)cc3)C2=O)cc1OC. The Labute approximate surface area is 195 Å². The van der Waals surface area contributed by atoms with Crippen LogP contribution in [0.5, 0.6) is 11.5 Å². The molecule has 0 unspecified atom stereocenters. The van der Waals surface area contributed by atoms with Crippen LogP contribution in [-0.4, -0.2) is 26.0 Å². The summed E-state index contributed by atoms with van der Waals surface area (Å²) in [5, 5.41) is 3.55. The van der Waals surface area contributed by atoms with Gasteiger partial charge in [-0.05, 0) is 54.4 Å². The number of nitrogens with zero attached hydrogens (tertiary/aromatic N) is 1. The zero-order chi connectivity index (χ0) is 23.7. The first kappa shape index (κ1) is 22.4. The van der Waals surface area contributed by atoms with Crippen molar-refractivity contribution in [1.82, 2.24) is 0 Å². The van der Waals surface area contributed by atoms with Crippen LogP contribution >= 0.6 is 11.6 Å². The van der Waals surface area contributed by atoms with Crippen molar-refractivity contribution < 1.29 is 23.5 Å². The number of aryl methyl sites for hydroxylation is 1. The Bertz CT molecular complexity index is 1290. The van der Waals surface area contributed by atoms with Gasteiger partial charge in [-0.1, -0.05) is 29.8 Å². The third-order valence-corrected chi connectivity index (χ3v) is 5.54. The van der Waals surface area contributed by atoms with Gasteiger partial charge in [0.15, 0.2) is 11.5 Å². The molecule has 0 saturated carbocycles. The molecule has 0 fully saturated rings. The van der Waals surface area contributed by atoms with E-state index in [0.29, 0.717) is 33.5 Å². The van der Waals surface area contributed by atoms with E-state index in [2.05, 4.69) is 5.32 Å². The highest BCUT2D eigenvalue weighted by molar-refractivity contribution is 6.46. The van der Waals surface area contributed by atoms with Gasteiger partial charge in [0.1, 0.15) is 11.5 Å². The molecule has 8 heteroatoms. The van der Waals surface area contributed by atoms with Gasteiger partial charge in [-0.2, -0.15) is 0 Å². The number of rotatable bonds is 6. The predicted octanol–water partition coefficient (Wildman–Crippen LogP) is 5.20. The van der Waals surface area contributed by atoms with Gasteiger partial charge in [-0.3, -0.25) is 9.59 Å². The van der Waals surface area contributed by atoms with Crippen LogP contribution in [0.2, 0.25) is 5.02 Å². The second-order valence-corrected chi connectivity index (χ2v) is 7.76. The molecule has 1 N–H and O–H groups in total. The number of halogens is 2. The molecule has 3 aromatic rings. The van der Waals surface area contributed by atoms with Gasteiger partial charge < -0.3 is 14.8 Å². The van der Waals surface area contributed by atoms with Gasteiger partial charge in [0.2, 0.25) is 0 Å². The van der Waals surface area contributed by atoms with E-state index in [1.54, 1.807) is 36.4 Å². The smallest absolute Gasteiger partial charge is 0.282 e. The Kier molecular flexibility index (Phi) is 6.07. The summed E-state index contributed by atoms with van der Waals surface area (Å²) in [5.74, 6) is -0.744. The van der Waals surface area contributed by atoms with Crippen molar-refractivity contribution >= 4 is 40.4 Å². The quantitative estimate of drug-likeness (QED) is 0.506. The highest BCUT2D eigenvalue weighted by atomic mass is 35.5. The first-order chi connectivity index (χ1) is 15.8. The second kappa shape index (κ2) is 8.96. The molecule has 6 nitrogen and oxygen atoms in total. The number of nitrogens with one attached hydrogen (secondary N) is 1. The number of hydrogen-bond donors (Lipinski definition) is 1. The number of benzene rings is 3. The van der Waals surface area contributed by atoms with Crippen LogP contribution < -0.4 is 19.7 Å². The largest absolute Gasteiger partial charge is 0.493 e. The third-order valence-electron chi connectivity index (χ3n) is 5.30. The molecule has 0 saturated heterocycles. The Morgan fingerprint density at radius 3 is 2.24 bits per heavy atom. The molecule has 1 heterocycles. The minimum Gasteiger partial charge on any atom is -0.493 e. The van der Waals surface area contributed by atoms with Gasteiger partial charge in [0, 0.05) is 16.8 Å². The van der Waals surface area contributed by atoms with E-state index in [1.807, 2.05) is 6.92 Å². The molecule has 4 rings (SSSR count). The van der Waals surface area contributed by atoms with Crippen molar-refractivity contribution in [2.75, 3.05) is 24.4 Å².